The van der Waals surface area contributed by atoms with Crippen LogP contribution in [0, 0.1) is 11.8 Å². The first kappa shape index (κ1) is 24.2. The summed E-state index contributed by atoms with van der Waals surface area (Å²) in [6.07, 6.45) is -3.90. The number of nitrogens with zero attached hydrogens (tertiary/aromatic N) is 2. The smallest absolute Gasteiger partial charge is 0.411 e. The number of alkyl halides is 3. The Bertz CT molecular complexity index is 436. The van der Waals surface area contributed by atoms with Gasteiger partial charge in [-0.25, -0.2) is 0 Å². The van der Waals surface area contributed by atoms with E-state index in [1.54, 1.807) is 0 Å². The summed E-state index contributed by atoms with van der Waals surface area (Å²) in [5.74, 6) is 0.373. The Labute approximate surface area is 163 Å². The third kappa shape index (κ3) is 8.93. The summed E-state index contributed by atoms with van der Waals surface area (Å²) in [6, 6.07) is 0. The Hall–Kier alpha value is -0.780. The average Bonchev–Trinajstić information content (AvgIpc) is 2.89. The molecule has 0 radical (unpaired) electrons. The zero-order valence-electron chi connectivity index (χ0n) is 14.8. The van der Waals surface area contributed by atoms with Crippen molar-refractivity contribution < 1.29 is 27.4 Å². The highest BCUT2D eigenvalue weighted by Gasteiger charge is 2.36. The lowest BCUT2D eigenvalue weighted by Crippen LogP contribution is -2.40. The molecule has 1 fully saturated rings. The highest BCUT2D eigenvalue weighted by atomic mass is 127. The van der Waals surface area contributed by atoms with E-state index >= 15 is 0 Å². The summed E-state index contributed by atoms with van der Waals surface area (Å²) in [7, 11) is 1.37. The largest absolute Gasteiger partial charge is 0.469 e. The van der Waals surface area contributed by atoms with Crippen molar-refractivity contribution in [2.24, 2.45) is 16.8 Å². The van der Waals surface area contributed by atoms with E-state index in [9.17, 15) is 18.0 Å². The Morgan fingerprint density at radius 3 is 2.60 bits per heavy atom. The maximum Gasteiger partial charge on any atom is 0.411 e. The molecule has 0 spiro atoms. The number of likely N-dealkylation sites (tertiary alicyclic amines) is 1. The number of rotatable bonds is 7. The molecule has 0 aromatic heterocycles. The zero-order valence-corrected chi connectivity index (χ0v) is 17.1. The molecule has 1 heterocycles. The van der Waals surface area contributed by atoms with Gasteiger partial charge in [0, 0.05) is 32.8 Å². The minimum Gasteiger partial charge on any atom is -0.469 e. The molecule has 1 aliphatic heterocycles. The van der Waals surface area contributed by atoms with E-state index in [1.807, 2.05) is 18.7 Å². The first-order valence-corrected chi connectivity index (χ1v) is 8.04. The van der Waals surface area contributed by atoms with Crippen LogP contribution in [0.15, 0.2) is 4.99 Å². The summed E-state index contributed by atoms with van der Waals surface area (Å²) in [5.41, 5.74) is 0. The molecular formula is C15H27F3IN3O3. The van der Waals surface area contributed by atoms with Gasteiger partial charge < -0.3 is 19.7 Å². The van der Waals surface area contributed by atoms with E-state index in [-0.39, 0.29) is 48.4 Å². The number of aliphatic imine (C=N–C) groups is 1. The van der Waals surface area contributed by atoms with Crippen molar-refractivity contribution in [3.63, 3.8) is 0 Å². The number of carbonyl (C=O) groups is 1. The van der Waals surface area contributed by atoms with Gasteiger partial charge in [-0.3, -0.25) is 9.79 Å². The number of carbonyl (C=O) groups excluding carboxylic acids is 1. The van der Waals surface area contributed by atoms with E-state index in [2.05, 4.69) is 15.0 Å². The fourth-order valence-electron chi connectivity index (χ4n) is 2.56. The first-order chi connectivity index (χ1) is 11.3. The third-order valence-corrected chi connectivity index (χ3v) is 3.72. The van der Waals surface area contributed by atoms with Crippen LogP contribution in [0.3, 0.4) is 0 Å². The van der Waals surface area contributed by atoms with Crippen molar-refractivity contribution in [3.8, 4) is 0 Å². The van der Waals surface area contributed by atoms with Crippen LogP contribution in [-0.4, -0.2) is 69.5 Å². The third-order valence-electron chi connectivity index (χ3n) is 3.72. The molecule has 1 saturated heterocycles. The maximum atomic E-state index is 12.0. The van der Waals surface area contributed by atoms with E-state index in [0.29, 0.717) is 38.6 Å². The van der Waals surface area contributed by atoms with Gasteiger partial charge in [-0.05, 0) is 19.3 Å². The van der Waals surface area contributed by atoms with Crippen molar-refractivity contribution in [1.82, 2.24) is 10.2 Å². The van der Waals surface area contributed by atoms with Gasteiger partial charge in [0.2, 0.25) is 0 Å². The number of methoxy groups -OCH3 is 1. The summed E-state index contributed by atoms with van der Waals surface area (Å²) >= 11 is 0. The molecule has 1 rings (SSSR count). The Morgan fingerprint density at radius 2 is 2.04 bits per heavy atom. The van der Waals surface area contributed by atoms with Gasteiger partial charge in [-0.1, -0.05) is 6.92 Å². The second kappa shape index (κ2) is 11.8. The van der Waals surface area contributed by atoms with Gasteiger partial charge in [0.1, 0.15) is 6.61 Å². The summed E-state index contributed by atoms with van der Waals surface area (Å²) in [5, 5.41) is 3.14. The molecule has 0 aromatic rings. The van der Waals surface area contributed by atoms with Crippen molar-refractivity contribution in [1.29, 1.82) is 0 Å². The molecule has 2 unspecified atom stereocenters. The quantitative estimate of drug-likeness (QED) is 0.199. The zero-order chi connectivity index (χ0) is 18.2. The molecule has 0 saturated carbocycles. The molecule has 0 aromatic carbocycles. The van der Waals surface area contributed by atoms with E-state index in [0.717, 1.165) is 0 Å². The van der Waals surface area contributed by atoms with E-state index < -0.39 is 12.8 Å². The predicted molar refractivity (Wildman–Crippen MR) is 99.1 cm³/mol. The summed E-state index contributed by atoms with van der Waals surface area (Å²) in [6.45, 7) is 4.89. The van der Waals surface area contributed by atoms with Crippen LogP contribution in [0.4, 0.5) is 13.2 Å². The molecule has 6 nitrogen and oxygen atoms in total. The van der Waals surface area contributed by atoms with Crippen LogP contribution in [0.5, 0.6) is 0 Å². The van der Waals surface area contributed by atoms with Gasteiger partial charge in [-0.15, -0.1) is 24.0 Å². The minimum absolute atomic E-state index is 0. The standard InChI is InChI=1S/C15H26F3N3O3.HI/c1-4-19-14(20-6-5-7-24-10-15(16,17)18)21-8-11(2)12(9-21)13(22)23-3;/h11-12H,4-10H2,1-3H3,(H,19,20);1H. The maximum absolute atomic E-state index is 12.0. The van der Waals surface area contributed by atoms with Gasteiger partial charge in [0.15, 0.2) is 5.96 Å². The lowest BCUT2D eigenvalue weighted by molar-refractivity contribution is -0.173. The highest BCUT2D eigenvalue weighted by Crippen LogP contribution is 2.24. The van der Waals surface area contributed by atoms with Crippen LogP contribution in [0.1, 0.15) is 20.3 Å². The molecule has 2 atom stereocenters. The monoisotopic (exact) mass is 481 g/mol. The summed E-state index contributed by atoms with van der Waals surface area (Å²) in [4.78, 5) is 18.1. The Balaban J connectivity index is 0.00000576. The van der Waals surface area contributed by atoms with Crippen molar-refractivity contribution in [2.45, 2.75) is 26.4 Å². The average molecular weight is 481 g/mol. The van der Waals surface area contributed by atoms with Gasteiger partial charge in [-0.2, -0.15) is 13.2 Å². The number of hydrogen-bond donors (Lipinski definition) is 1. The normalized spacial score (nSPS) is 21.0. The van der Waals surface area contributed by atoms with Gasteiger partial charge >= 0.3 is 12.1 Å². The SMILES string of the molecule is CCNC(=NCCCOCC(F)(F)F)N1CC(C)C(C(=O)OC)C1.I. The van der Waals surface area contributed by atoms with Crippen LogP contribution in [-0.2, 0) is 14.3 Å². The molecule has 0 aliphatic carbocycles. The Morgan fingerprint density at radius 1 is 1.36 bits per heavy atom. The van der Waals surface area contributed by atoms with Crippen molar-refractivity contribution in [3.05, 3.63) is 0 Å². The Kier molecular flexibility index (Phi) is 11.4. The molecule has 0 amide bonds. The number of esters is 1. The molecule has 0 bridgehead atoms. The molecule has 1 N–H and O–H groups in total. The second-order valence-corrected chi connectivity index (χ2v) is 5.77. The number of halogens is 4. The van der Waals surface area contributed by atoms with Crippen LogP contribution in [0.25, 0.3) is 0 Å². The lowest BCUT2D eigenvalue weighted by Gasteiger charge is -2.21. The topological polar surface area (TPSA) is 63.2 Å². The minimum atomic E-state index is -4.30. The molecular weight excluding hydrogens is 454 g/mol. The predicted octanol–water partition coefficient (Wildman–Crippen LogP) is 2.28. The lowest BCUT2D eigenvalue weighted by atomic mass is 9.99. The van der Waals surface area contributed by atoms with E-state index in [1.165, 1.54) is 7.11 Å². The fraction of sp³-hybridized carbons (Fsp3) is 0.867. The number of guanidine groups is 1. The molecule has 1 aliphatic rings. The van der Waals surface area contributed by atoms with Crippen molar-refractivity contribution in [2.75, 3.05) is 46.5 Å². The summed E-state index contributed by atoms with van der Waals surface area (Å²) < 4.78 is 45.2. The number of nitrogens with one attached hydrogen (secondary N) is 1. The molecule has 148 valence electrons. The van der Waals surface area contributed by atoms with Crippen LogP contribution >= 0.6 is 24.0 Å². The van der Waals surface area contributed by atoms with Crippen LogP contribution < -0.4 is 5.32 Å². The second-order valence-electron chi connectivity index (χ2n) is 5.77. The highest BCUT2D eigenvalue weighted by molar-refractivity contribution is 14.0. The molecule has 25 heavy (non-hydrogen) atoms. The number of hydrogen-bond acceptors (Lipinski definition) is 4. The van der Waals surface area contributed by atoms with Crippen molar-refractivity contribution >= 4 is 35.9 Å². The fourth-order valence-corrected chi connectivity index (χ4v) is 2.56. The van der Waals surface area contributed by atoms with E-state index in [4.69, 9.17) is 4.74 Å². The van der Waals surface area contributed by atoms with Crippen LogP contribution in [0.2, 0.25) is 0 Å². The number of ether oxygens (including phenoxy) is 2. The molecule has 10 heteroatoms. The van der Waals surface area contributed by atoms with Gasteiger partial charge in [0.05, 0.1) is 13.0 Å². The first-order valence-electron chi connectivity index (χ1n) is 8.04. The van der Waals surface area contributed by atoms with Gasteiger partial charge in [0.25, 0.3) is 0 Å².